The molecule has 1 unspecified atom stereocenters. The fourth-order valence-electron chi connectivity index (χ4n) is 2.28. The van der Waals surface area contributed by atoms with E-state index in [1.165, 1.54) is 18.2 Å². The predicted octanol–water partition coefficient (Wildman–Crippen LogP) is 1.24. The number of nitrogens with one attached hydrogen (secondary N) is 2. The van der Waals surface area contributed by atoms with Gasteiger partial charge in [0.05, 0.1) is 5.75 Å². The van der Waals surface area contributed by atoms with E-state index in [0.29, 0.717) is 18.0 Å². The molecule has 1 aliphatic rings. The molecule has 1 aliphatic heterocycles. The maximum absolute atomic E-state index is 13.0. The van der Waals surface area contributed by atoms with Gasteiger partial charge in [-0.25, -0.2) is 17.5 Å². The van der Waals surface area contributed by atoms with Crippen molar-refractivity contribution in [2.75, 3.05) is 19.6 Å². The second-order valence-electron chi connectivity index (χ2n) is 4.93. The molecule has 1 aromatic carbocycles. The van der Waals surface area contributed by atoms with Crippen LogP contribution in [0.1, 0.15) is 18.4 Å². The third kappa shape index (κ3) is 4.89. The Morgan fingerprint density at radius 1 is 1.42 bits per heavy atom. The van der Waals surface area contributed by atoms with Crippen molar-refractivity contribution in [1.29, 1.82) is 0 Å². The van der Waals surface area contributed by atoms with Crippen LogP contribution in [0, 0.1) is 11.7 Å². The topological polar surface area (TPSA) is 58.2 Å². The quantitative estimate of drug-likeness (QED) is 0.827. The van der Waals surface area contributed by atoms with Gasteiger partial charge in [0, 0.05) is 6.54 Å². The van der Waals surface area contributed by atoms with Crippen LogP contribution in [0.25, 0.3) is 0 Å². The van der Waals surface area contributed by atoms with E-state index in [2.05, 4.69) is 10.0 Å². The number of hydrogen-bond acceptors (Lipinski definition) is 3. The molecule has 106 valence electrons. The fourth-order valence-corrected chi connectivity index (χ4v) is 3.43. The molecule has 0 amide bonds. The highest BCUT2D eigenvalue weighted by Gasteiger charge is 2.16. The molecule has 0 aliphatic carbocycles. The molecule has 0 bridgehead atoms. The van der Waals surface area contributed by atoms with Gasteiger partial charge in [0.1, 0.15) is 5.82 Å². The minimum Gasteiger partial charge on any atom is -0.316 e. The third-order valence-corrected chi connectivity index (χ3v) is 4.64. The van der Waals surface area contributed by atoms with Gasteiger partial charge >= 0.3 is 0 Å². The van der Waals surface area contributed by atoms with E-state index in [9.17, 15) is 12.8 Å². The number of benzene rings is 1. The molecule has 1 aromatic rings. The van der Waals surface area contributed by atoms with Crippen LogP contribution in [0.5, 0.6) is 0 Å². The molecule has 1 fully saturated rings. The molecule has 1 saturated heterocycles. The Morgan fingerprint density at radius 2 is 2.26 bits per heavy atom. The van der Waals surface area contributed by atoms with Gasteiger partial charge < -0.3 is 5.32 Å². The fraction of sp³-hybridized carbons (Fsp3) is 0.538. The number of rotatable bonds is 6. The first-order valence-electron chi connectivity index (χ1n) is 6.48. The van der Waals surface area contributed by atoms with E-state index in [0.717, 1.165) is 25.9 Å². The van der Waals surface area contributed by atoms with Gasteiger partial charge in [-0.2, -0.15) is 0 Å². The highest BCUT2D eigenvalue weighted by atomic mass is 32.2. The van der Waals surface area contributed by atoms with Gasteiger partial charge in [-0.15, -0.1) is 0 Å². The van der Waals surface area contributed by atoms with Crippen LogP contribution in [-0.2, 0) is 15.8 Å². The Labute approximate surface area is 113 Å². The van der Waals surface area contributed by atoms with Crippen molar-refractivity contribution >= 4 is 10.0 Å². The SMILES string of the molecule is O=S(=O)(Cc1cccc(F)c1)NCCC1CCNC1. The van der Waals surface area contributed by atoms with Crippen molar-refractivity contribution in [1.82, 2.24) is 10.0 Å². The molecular formula is C13H19FN2O2S. The van der Waals surface area contributed by atoms with E-state index in [1.54, 1.807) is 6.07 Å². The first-order valence-corrected chi connectivity index (χ1v) is 8.13. The van der Waals surface area contributed by atoms with Crippen LogP contribution in [0.3, 0.4) is 0 Å². The second kappa shape index (κ2) is 6.45. The summed E-state index contributed by atoms with van der Waals surface area (Å²) in [6.07, 6.45) is 1.95. The monoisotopic (exact) mass is 286 g/mol. The van der Waals surface area contributed by atoms with E-state index in [1.807, 2.05) is 0 Å². The van der Waals surface area contributed by atoms with Gasteiger partial charge in [-0.05, 0) is 49.5 Å². The molecule has 6 heteroatoms. The average Bonchev–Trinajstić information content (AvgIpc) is 2.81. The summed E-state index contributed by atoms with van der Waals surface area (Å²) in [5.41, 5.74) is 0.468. The molecule has 0 saturated carbocycles. The van der Waals surface area contributed by atoms with E-state index in [-0.39, 0.29) is 5.75 Å². The minimum absolute atomic E-state index is 0.173. The standard InChI is InChI=1S/C13H19FN2O2S/c14-13-3-1-2-12(8-13)10-19(17,18)16-7-5-11-4-6-15-9-11/h1-3,8,11,15-16H,4-7,9-10H2. The van der Waals surface area contributed by atoms with Crippen LogP contribution in [0.15, 0.2) is 24.3 Å². The van der Waals surface area contributed by atoms with Crippen molar-refractivity contribution in [3.8, 4) is 0 Å². The van der Waals surface area contributed by atoms with E-state index >= 15 is 0 Å². The molecule has 1 heterocycles. The van der Waals surface area contributed by atoms with Gasteiger partial charge in [-0.1, -0.05) is 12.1 Å². The summed E-state index contributed by atoms with van der Waals surface area (Å²) in [5.74, 6) is -0.0326. The van der Waals surface area contributed by atoms with Crippen molar-refractivity contribution in [2.24, 2.45) is 5.92 Å². The summed E-state index contributed by atoms with van der Waals surface area (Å²) >= 11 is 0. The van der Waals surface area contributed by atoms with Crippen LogP contribution in [0.2, 0.25) is 0 Å². The van der Waals surface area contributed by atoms with Crippen molar-refractivity contribution in [3.05, 3.63) is 35.6 Å². The summed E-state index contributed by atoms with van der Waals surface area (Å²) in [7, 11) is -3.38. The Balaban J connectivity index is 1.81. The van der Waals surface area contributed by atoms with Crippen molar-refractivity contribution in [3.63, 3.8) is 0 Å². The summed E-state index contributed by atoms with van der Waals surface area (Å²) in [4.78, 5) is 0. The zero-order valence-electron chi connectivity index (χ0n) is 10.7. The highest BCUT2D eigenvalue weighted by molar-refractivity contribution is 7.88. The lowest BCUT2D eigenvalue weighted by Gasteiger charge is -2.10. The van der Waals surface area contributed by atoms with Gasteiger partial charge in [0.15, 0.2) is 0 Å². The minimum atomic E-state index is -3.38. The largest absolute Gasteiger partial charge is 0.316 e. The van der Waals surface area contributed by atoms with Crippen LogP contribution < -0.4 is 10.0 Å². The lowest BCUT2D eigenvalue weighted by Crippen LogP contribution is -2.27. The Morgan fingerprint density at radius 3 is 2.95 bits per heavy atom. The normalized spacial score (nSPS) is 19.7. The van der Waals surface area contributed by atoms with E-state index in [4.69, 9.17) is 0 Å². The van der Waals surface area contributed by atoms with Gasteiger partial charge in [-0.3, -0.25) is 0 Å². The number of sulfonamides is 1. The molecule has 19 heavy (non-hydrogen) atoms. The molecule has 0 aromatic heterocycles. The lowest BCUT2D eigenvalue weighted by molar-refractivity contribution is 0.519. The number of hydrogen-bond donors (Lipinski definition) is 2. The summed E-state index contributed by atoms with van der Waals surface area (Å²) in [5, 5.41) is 3.25. The first-order chi connectivity index (χ1) is 9.05. The zero-order valence-corrected chi connectivity index (χ0v) is 11.5. The van der Waals surface area contributed by atoms with Crippen LogP contribution in [0.4, 0.5) is 4.39 Å². The van der Waals surface area contributed by atoms with Crippen LogP contribution >= 0.6 is 0 Å². The summed E-state index contributed by atoms with van der Waals surface area (Å²) in [6.45, 7) is 2.43. The molecule has 1 atom stereocenters. The predicted molar refractivity (Wildman–Crippen MR) is 72.6 cm³/mol. The maximum Gasteiger partial charge on any atom is 0.215 e. The van der Waals surface area contributed by atoms with Gasteiger partial charge in [0.25, 0.3) is 0 Å². The van der Waals surface area contributed by atoms with Crippen molar-refractivity contribution < 1.29 is 12.8 Å². The molecule has 0 radical (unpaired) electrons. The number of halogens is 1. The smallest absolute Gasteiger partial charge is 0.215 e. The van der Waals surface area contributed by atoms with Crippen molar-refractivity contribution in [2.45, 2.75) is 18.6 Å². The van der Waals surface area contributed by atoms with Crippen LogP contribution in [-0.4, -0.2) is 28.1 Å². The molecule has 4 nitrogen and oxygen atoms in total. The average molecular weight is 286 g/mol. The summed E-state index contributed by atoms with van der Waals surface area (Å²) < 4.78 is 39.2. The molecular weight excluding hydrogens is 267 g/mol. The first kappa shape index (κ1) is 14.4. The zero-order chi connectivity index (χ0) is 13.7. The second-order valence-corrected chi connectivity index (χ2v) is 6.74. The summed E-state index contributed by atoms with van der Waals surface area (Å²) in [6, 6.07) is 5.68. The highest BCUT2D eigenvalue weighted by Crippen LogP contribution is 2.12. The molecule has 2 rings (SSSR count). The maximum atomic E-state index is 13.0. The Kier molecular flexibility index (Phi) is 4.90. The Hall–Kier alpha value is -0.980. The molecule has 2 N–H and O–H groups in total. The molecule has 0 spiro atoms. The third-order valence-electron chi connectivity index (χ3n) is 3.28. The Bertz CT molecular complexity index is 513. The van der Waals surface area contributed by atoms with E-state index < -0.39 is 15.8 Å². The van der Waals surface area contributed by atoms with Gasteiger partial charge in [0.2, 0.25) is 10.0 Å². The lowest BCUT2D eigenvalue weighted by atomic mass is 10.1.